The molecule has 0 fully saturated rings. The van der Waals surface area contributed by atoms with Gasteiger partial charge >= 0.3 is 0 Å². The molecule has 0 bridgehead atoms. The molecule has 46 valence electrons. The second-order valence-electron chi connectivity index (χ2n) is 1.71. The highest BCUT2D eigenvalue weighted by atomic mass is 15.1. The van der Waals surface area contributed by atoms with E-state index >= 15 is 0 Å². The second kappa shape index (κ2) is 2.23. The lowest BCUT2D eigenvalue weighted by Gasteiger charge is -2.02. The molecule has 0 radical (unpaired) electrons. The number of nitrogens with one attached hydrogen (secondary N) is 1. The molecule has 0 atom stereocenters. The molecule has 3 nitrogen and oxygen atoms in total. The van der Waals surface area contributed by atoms with E-state index in [1.807, 2.05) is 18.3 Å². The Hall–Kier alpha value is -1.43. The van der Waals surface area contributed by atoms with Crippen LogP contribution in [-0.4, -0.2) is 12.0 Å². The van der Waals surface area contributed by atoms with Crippen molar-refractivity contribution in [3.63, 3.8) is 0 Å². The first kappa shape index (κ1) is 5.70. The maximum absolute atomic E-state index is 8.36. The summed E-state index contributed by atoms with van der Waals surface area (Å²) in [5.74, 6) is 0.817. The summed E-state index contributed by atoms with van der Waals surface area (Å²) in [6, 6.07) is 3.69. The minimum atomic E-state index is 0.817. The third-order valence-electron chi connectivity index (χ3n) is 1.09. The molecule has 1 aromatic heterocycles. The molecule has 0 saturated carbocycles. The topological polar surface area (TPSA) is 42.8 Å². The molecule has 0 unspecified atom stereocenters. The van der Waals surface area contributed by atoms with Gasteiger partial charge < -0.3 is 4.98 Å². The van der Waals surface area contributed by atoms with Gasteiger partial charge in [-0.2, -0.15) is 5.26 Å². The predicted octanol–water partition coefficient (Wildman–Crippen LogP) is 0.932. The third kappa shape index (κ3) is 1.03. The molecule has 0 amide bonds. The van der Waals surface area contributed by atoms with Crippen molar-refractivity contribution >= 4 is 5.82 Å². The first-order chi connectivity index (χ1) is 4.34. The van der Waals surface area contributed by atoms with Gasteiger partial charge in [0, 0.05) is 13.2 Å². The Morgan fingerprint density at radius 1 is 1.78 bits per heavy atom. The van der Waals surface area contributed by atoms with Crippen LogP contribution in [0.15, 0.2) is 18.3 Å². The van der Waals surface area contributed by atoms with Gasteiger partial charge in [-0.25, -0.2) is 0 Å². The highest BCUT2D eigenvalue weighted by Gasteiger charge is 1.94. The quantitative estimate of drug-likeness (QED) is 0.443. The molecule has 0 aromatic carbocycles. The molecule has 1 heterocycles. The maximum Gasteiger partial charge on any atom is 0.185 e. The second-order valence-corrected chi connectivity index (χ2v) is 1.71. The monoisotopic (exact) mass is 121 g/mol. The van der Waals surface area contributed by atoms with Gasteiger partial charge in [-0.15, -0.1) is 0 Å². The van der Waals surface area contributed by atoms with Crippen molar-refractivity contribution < 1.29 is 0 Å². The van der Waals surface area contributed by atoms with Crippen LogP contribution in [0, 0.1) is 11.5 Å². The fraction of sp³-hybridized carbons (Fsp3) is 0.167. The van der Waals surface area contributed by atoms with Crippen LogP contribution in [0.2, 0.25) is 0 Å². The van der Waals surface area contributed by atoms with Gasteiger partial charge in [-0.05, 0) is 12.1 Å². The van der Waals surface area contributed by atoms with Gasteiger partial charge in [0.25, 0.3) is 0 Å². The number of hydrogen-bond acceptors (Lipinski definition) is 2. The number of H-pyrrole nitrogens is 1. The van der Waals surface area contributed by atoms with Crippen molar-refractivity contribution in [2.75, 3.05) is 11.9 Å². The molecule has 1 rings (SSSR count). The van der Waals surface area contributed by atoms with Crippen LogP contribution < -0.4 is 4.90 Å². The summed E-state index contributed by atoms with van der Waals surface area (Å²) in [4.78, 5) is 4.35. The number of rotatable bonds is 1. The SMILES string of the molecule is CN(C#N)c1ccc[nH]1. The first-order valence-corrected chi connectivity index (χ1v) is 2.61. The molecule has 3 heteroatoms. The third-order valence-corrected chi connectivity index (χ3v) is 1.09. The summed E-state index contributed by atoms with van der Waals surface area (Å²) < 4.78 is 0. The summed E-state index contributed by atoms with van der Waals surface area (Å²) in [6.07, 6.45) is 3.75. The number of anilines is 1. The van der Waals surface area contributed by atoms with Gasteiger partial charge in [0.05, 0.1) is 0 Å². The highest BCUT2D eigenvalue weighted by molar-refractivity contribution is 5.41. The Kier molecular flexibility index (Phi) is 1.41. The molecule has 1 aromatic rings. The van der Waals surface area contributed by atoms with E-state index in [-0.39, 0.29) is 0 Å². The Morgan fingerprint density at radius 2 is 2.56 bits per heavy atom. The molecule has 0 spiro atoms. The zero-order valence-electron chi connectivity index (χ0n) is 5.13. The van der Waals surface area contributed by atoms with Crippen LogP contribution in [0.25, 0.3) is 0 Å². The average molecular weight is 121 g/mol. The Bertz CT molecular complexity index is 207. The number of hydrogen-bond donors (Lipinski definition) is 1. The molecule has 0 aliphatic carbocycles. The van der Waals surface area contributed by atoms with Crippen molar-refractivity contribution in [2.24, 2.45) is 0 Å². The van der Waals surface area contributed by atoms with Crippen LogP contribution in [0.1, 0.15) is 0 Å². The van der Waals surface area contributed by atoms with Crippen LogP contribution in [-0.2, 0) is 0 Å². The van der Waals surface area contributed by atoms with E-state index < -0.39 is 0 Å². The zero-order chi connectivity index (χ0) is 6.69. The van der Waals surface area contributed by atoms with E-state index in [9.17, 15) is 0 Å². The number of nitrogens with zero attached hydrogens (tertiary/aromatic N) is 2. The van der Waals surface area contributed by atoms with E-state index in [1.165, 1.54) is 4.90 Å². The zero-order valence-corrected chi connectivity index (χ0v) is 5.13. The lowest BCUT2D eigenvalue weighted by molar-refractivity contribution is 1.15. The number of aromatic amines is 1. The minimum Gasteiger partial charge on any atom is -0.348 e. The fourth-order valence-corrected chi connectivity index (χ4v) is 0.583. The van der Waals surface area contributed by atoms with Crippen molar-refractivity contribution in [2.45, 2.75) is 0 Å². The van der Waals surface area contributed by atoms with Crippen molar-refractivity contribution in [1.82, 2.24) is 4.98 Å². The maximum atomic E-state index is 8.36. The molecule has 1 N–H and O–H groups in total. The van der Waals surface area contributed by atoms with Gasteiger partial charge in [-0.3, -0.25) is 4.90 Å². The molecule has 0 saturated heterocycles. The van der Waals surface area contributed by atoms with E-state index in [0.29, 0.717) is 0 Å². The van der Waals surface area contributed by atoms with Gasteiger partial charge in [0.1, 0.15) is 5.82 Å². The van der Waals surface area contributed by atoms with E-state index in [2.05, 4.69) is 4.98 Å². The van der Waals surface area contributed by atoms with Gasteiger partial charge in [0.15, 0.2) is 6.19 Å². The standard InChI is InChI=1S/C6H7N3/c1-9(5-7)6-3-2-4-8-6/h2-4,8H,1H3. The minimum absolute atomic E-state index is 0.817. The van der Waals surface area contributed by atoms with Crippen LogP contribution in [0.5, 0.6) is 0 Å². The lowest BCUT2D eigenvalue weighted by Crippen LogP contribution is -2.07. The Morgan fingerprint density at radius 3 is 3.00 bits per heavy atom. The largest absolute Gasteiger partial charge is 0.348 e. The molecule has 0 aliphatic heterocycles. The Labute approximate surface area is 53.5 Å². The highest BCUT2D eigenvalue weighted by Crippen LogP contribution is 2.04. The number of nitriles is 1. The average Bonchev–Trinajstić information content (AvgIpc) is 2.37. The van der Waals surface area contributed by atoms with Crippen LogP contribution in [0.4, 0.5) is 5.82 Å². The first-order valence-electron chi connectivity index (χ1n) is 2.61. The fourth-order valence-electron chi connectivity index (χ4n) is 0.583. The number of aromatic nitrogens is 1. The van der Waals surface area contributed by atoms with Gasteiger partial charge in [0.2, 0.25) is 0 Å². The summed E-state index contributed by atoms with van der Waals surface area (Å²) in [5.41, 5.74) is 0. The Balaban J connectivity index is 2.80. The normalized spacial score (nSPS) is 8.44. The van der Waals surface area contributed by atoms with E-state index in [1.54, 1.807) is 13.2 Å². The van der Waals surface area contributed by atoms with E-state index in [0.717, 1.165) is 5.82 Å². The summed E-state index contributed by atoms with van der Waals surface area (Å²) in [5, 5.41) is 8.36. The van der Waals surface area contributed by atoms with Crippen LogP contribution >= 0.6 is 0 Å². The van der Waals surface area contributed by atoms with Crippen LogP contribution in [0.3, 0.4) is 0 Å². The lowest BCUT2D eigenvalue weighted by atomic mass is 10.6. The van der Waals surface area contributed by atoms with Crippen molar-refractivity contribution in [3.05, 3.63) is 18.3 Å². The predicted molar refractivity (Wildman–Crippen MR) is 34.8 cm³/mol. The van der Waals surface area contributed by atoms with Crippen molar-refractivity contribution in [3.8, 4) is 6.19 Å². The smallest absolute Gasteiger partial charge is 0.185 e. The summed E-state index contributed by atoms with van der Waals surface area (Å²) in [7, 11) is 1.70. The summed E-state index contributed by atoms with van der Waals surface area (Å²) in [6.45, 7) is 0. The van der Waals surface area contributed by atoms with Crippen molar-refractivity contribution in [1.29, 1.82) is 5.26 Å². The molecular formula is C6H7N3. The van der Waals surface area contributed by atoms with E-state index in [4.69, 9.17) is 5.26 Å². The summed E-state index contributed by atoms with van der Waals surface area (Å²) >= 11 is 0. The van der Waals surface area contributed by atoms with Gasteiger partial charge in [-0.1, -0.05) is 0 Å². The molecule has 9 heavy (non-hydrogen) atoms. The molecular weight excluding hydrogens is 114 g/mol. The molecule has 0 aliphatic rings.